The molecule has 0 atom stereocenters. The molecule has 0 fully saturated rings. The topological polar surface area (TPSA) is 0 Å². The molecule has 0 aliphatic heterocycles. The van der Waals surface area contributed by atoms with E-state index in [-0.39, 0.29) is 0 Å². The van der Waals surface area contributed by atoms with Gasteiger partial charge in [0.25, 0.3) is 0 Å². The molecule has 0 spiro atoms. The van der Waals surface area contributed by atoms with Crippen LogP contribution in [0.4, 0.5) is 0 Å². The van der Waals surface area contributed by atoms with Crippen molar-refractivity contribution in [1.82, 2.24) is 0 Å². The fourth-order valence-corrected chi connectivity index (χ4v) is 10.0. The summed E-state index contributed by atoms with van der Waals surface area (Å²) in [4.78, 5) is 0. The normalized spacial score (nSPS) is 17.2. The monoisotopic (exact) mass is 1050 g/mol. The Morgan fingerprint density at radius 3 is 0.289 bits per heavy atom. The third-order valence-electron chi connectivity index (χ3n) is 4.26. The molecular weight excluding hydrogens is 1070 g/mol. The van der Waals surface area contributed by atoms with Gasteiger partial charge in [-0.15, -0.1) is 0 Å². The smallest absolute Gasteiger partial charge is 0.0946 e. The van der Waals surface area contributed by atoms with Gasteiger partial charge in [0, 0.05) is 0 Å². The molecule has 0 unspecified atom stereocenters. The number of rotatable bonds is 9. The molecule has 0 aromatic heterocycles. The van der Waals surface area contributed by atoms with Crippen molar-refractivity contribution in [2.24, 2.45) is 0 Å². The van der Waals surface area contributed by atoms with Crippen LogP contribution in [0.2, 0.25) is 0 Å². The maximum absolute atomic E-state index is 6.37. The average Bonchev–Trinajstić information content (AvgIpc) is 2.64. The molecule has 0 aliphatic rings. The molecule has 38 heavy (non-hydrogen) atoms. The van der Waals surface area contributed by atoms with Crippen LogP contribution in [0.1, 0.15) is 0 Å². The first-order valence-electron chi connectivity index (χ1n) is 7.66. The first-order chi connectivity index (χ1) is 15.8. The van der Waals surface area contributed by atoms with Gasteiger partial charge in [-0.25, -0.2) is 0 Å². The molecule has 26 heteroatoms. The van der Waals surface area contributed by atoms with Gasteiger partial charge >= 0.3 is 0 Å². The Morgan fingerprint density at radius 2 is 0.211 bits per heavy atom. The van der Waals surface area contributed by atoms with Crippen LogP contribution < -0.4 is 0 Å². The molecule has 0 nitrogen and oxygen atoms in total. The van der Waals surface area contributed by atoms with E-state index < -0.39 is 50.9 Å². The molecule has 0 N–H and O–H groups in total. The zero-order valence-corrected chi connectivity index (χ0v) is 35.5. The lowest BCUT2D eigenvalue weighted by Gasteiger charge is -2.57. The van der Waals surface area contributed by atoms with Crippen LogP contribution in [-0.2, 0) is 0 Å². The maximum atomic E-state index is 6.37. The Morgan fingerprint density at radius 1 is 0.132 bits per heavy atom. The number of alkyl halides is 26. The van der Waals surface area contributed by atoms with Crippen LogP contribution >= 0.6 is 302 Å². The molecule has 0 aromatic carbocycles. The van der Waals surface area contributed by atoms with E-state index in [1.807, 2.05) is 0 Å². The van der Waals surface area contributed by atoms with Gasteiger partial charge in [-0.2, -0.15) is 0 Å². The van der Waals surface area contributed by atoms with E-state index in [4.69, 9.17) is 302 Å². The standard InChI is InChI=1S/C12Cl26/c13-1(14,3(17,18)5(21,22)7(25,26)9(29,30)11(33,34)35)2(15,16)4(19,20)6(23,24)8(27,28)10(31,32)12(36,37)38. The Hall–Kier alpha value is 7.54. The van der Waals surface area contributed by atoms with Gasteiger partial charge in [0.1, 0.15) is 0 Å². The molecular formula is C12Cl26. The molecule has 0 saturated heterocycles. The summed E-state index contributed by atoms with van der Waals surface area (Å²) >= 11 is 160. The van der Waals surface area contributed by atoms with E-state index in [1.54, 1.807) is 0 Å². The highest BCUT2D eigenvalue weighted by Gasteiger charge is 2.85. The molecule has 0 bridgehead atoms. The van der Waals surface area contributed by atoms with Crippen LogP contribution in [-0.4, -0.2) is 50.9 Å². The van der Waals surface area contributed by atoms with Gasteiger partial charge in [-0.05, 0) is 0 Å². The Bertz CT molecular complexity index is 792. The first-order valence-corrected chi connectivity index (χ1v) is 17.5. The largest absolute Gasteiger partial charge is 0.226 e. The van der Waals surface area contributed by atoms with Crippen LogP contribution in [0.3, 0.4) is 0 Å². The highest BCUT2D eigenvalue weighted by molar-refractivity contribution is 6.85. The van der Waals surface area contributed by atoms with E-state index in [0.29, 0.717) is 0 Å². The molecule has 0 saturated carbocycles. The Kier molecular flexibility index (Phi) is 16.0. The molecule has 0 rings (SSSR count). The van der Waals surface area contributed by atoms with Gasteiger partial charge in [0.15, 0.2) is 34.7 Å². The molecule has 0 aromatic rings. The van der Waals surface area contributed by atoms with Gasteiger partial charge in [-0.3, -0.25) is 0 Å². The zero-order chi connectivity index (χ0) is 32.0. The number of halogens is 26. The predicted molar refractivity (Wildman–Crippen MR) is 185 cm³/mol. The molecule has 0 radical (unpaired) electrons. The van der Waals surface area contributed by atoms with Crippen LogP contribution in [0, 0.1) is 0 Å². The van der Waals surface area contributed by atoms with E-state index in [2.05, 4.69) is 0 Å². The van der Waals surface area contributed by atoms with Gasteiger partial charge in [0.2, 0.25) is 16.3 Å². The van der Waals surface area contributed by atoms with Crippen LogP contribution in [0.5, 0.6) is 0 Å². The maximum Gasteiger partial charge on any atom is 0.226 e. The van der Waals surface area contributed by atoms with Crippen molar-refractivity contribution in [2.75, 3.05) is 0 Å². The second-order valence-corrected chi connectivity index (χ2v) is 24.6. The summed E-state index contributed by atoms with van der Waals surface area (Å²) in [5, 5.41) is 0. The lowest BCUT2D eigenvalue weighted by molar-refractivity contribution is 0.419. The fourth-order valence-electron chi connectivity index (χ4n) is 1.93. The Balaban J connectivity index is 7.29. The van der Waals surface area contributed by atoms with E-state index in [0.717, 1.165) is 0 Å². The van der Waals surface area contributed by atoms with Gasteiger partial charge < -0.3 is 0 Å². The van der Waals surface area contributed by atoms with Crippen LogP contribution in [0.15, 0.2) is 0 Å². The quantitative estimate of drug-likeness (QED) is 0.202. The minimum Gasteiger partial charge on any atom is -0.0946 e. The van der Waals surface area contributed by atoms with Crippen molar-refractivity contribution in [2.45, 2.75) is 50.9 Å². The highest BCUT2D eigenvalue weighted by atomic mass is 35.6. The third kappa shape index (κ3) is 6.94. The predicted octanol–water partition coefficient (Wildman–Crippen LogP) is 15.5. The summed E-state index contributed by atoms with van der Waals surface area (Å²) in [6.45, 7) is 0. The van der Waals surface area contributed by atoms with E-state index >= 15 is 0 Å². The van der Waals surface area contributed by atoms with Crippen molar-refractivity contribution < 1.29 is 0 Å². The highest BCUT2D eigenvalue weighted by Crippen LogP contribution is 2.76. The van der Waals surface area contributed by atoms with Crippen molar-refractivity contribution in [3.05, 3.63) is 0 Å². The van der Waals surface area contributed by atoms with Gasteiger partial charge in [0.05, 0.1) is 0 Å². The van der Waals surface area contributed by atoms with Crippen molar-refractivity contribution in [1.29, 1.82) is 0 Å². The lowest BCUT2D eigenvalue weighted by atomic mass is 9.99. The third-order valence-corrected chi connectivity index (χ3v) is 21.9. The van der Waals surface area contributed by atoms with Crippen molar-refractivity contribution >= 4 is 302 Å². The second kappa shape index (κ2) is 13.3. The zero-order valence-electron chi connectivity index (χ0n) is 15.8. The van der Waals surface area contributed by atoms with E-state index in [9.17, 15) is 0 Å². The average molecular weight is 1070 g/mol. The number of hydrogen-bond donors (Lipinski definition) is 0. The summed E-state index contributed by atoms with van der Waals surface area (Å²) in [6, 6.07) is 0. The van der Waals surface area contributed by atoms with E-state index in [1.165, 1.54) is 0 Å². The SMILES string of the molecule is ClC(Cl)(Cl)C(Cl)(Cl)C(Cl)(Cl)C(Cl)(Cl)C(Cl)(Cl)C(Cl)(Cl)C(Cl)(Cl)C(Cl)(Cl)C(Cl)(Cl)C(Cl)(Cl)C(Cl)(Cl)C(Cl)(Cl)Cl. The molecule has 0 amide bonds. The lowest BCUT2D eigenvalue weighted by Crippen LogP contribution is -2.74. The first kappa shape index (κ1) is 45.5. The van der Waals surface area contributed by atoms with Crippen molar-refractivity contribution in [3.8, 4) is 0 Å². The minimum atomic E-state index is -3.37. The van der Waals surface area contributed by atoms with Gasteiger partial charge in [-0.1, -0.05) is 302 Å². The molecule has 230 valence electrons. The summed E-state index contributed by atoms with van der Waals surface area (Å²) < 4.78 is -37.6. The number of hydrogen-bond acceptors (Lipinski definition) is 0. The fraction of sp³-hybridized carbons (Fsp3) is 1.00. The van der Waals surface area contributed by atoms with Crippen molar-refractivity contribution in [3.63, 3.8) is 0 Å². The summed E-state index contributed by atoms with van der Waals surface area (Å²) in [6.07, 6.45) is 0. The minimum absolute atomic E-state index is 2.75. The summed E-state index contributed by atoms with van der Waals surface area (Å²) in [7, 11) is 0. The Labute approximate surface area is 347 Å². The molecule has 0 heterocycles. The summed E-state index contributed by atoms with van der Waals surface area (Å²) in [5.74, 6) is 0. The molecule has 0 aliphatic carbocycles. The van der Waals surface area contributed by atoms with Crippen LogP contribution in [0.25, 0.3) is 0 Å². The second-order valence-electron chi connectivity index (χ2n) is 6.74. The summed E-state index contributed by atoms with van der Waals surface area (Å²) in [5.41, 5.74) is 0.